The monoisotopic (exact) mass is 371 g/mol. The summed E-state index contributed by atoms with van der Waals surface area (Å²) in [6.45, 7) is 2.07. The number of hydrogen-bond acceptors (Lipinski definition) is 4. The van der Waals surface area contributed by atoms with Crippen LogP contribution in [-0.4, -0.2) is 24.3 Å². The number of carbonyl (C=O) groups is 3. The van der Waals surface area contributed by atoms with Crippen LogP contribution < -0.4 is 15.3 Å². The molecule has 2 aromatic carbocycles. The maximum atomic E-state index is 12.5. The quantitative estimate of drug-likeness (QED) is 0.890. The molecule has 0 aromatic heterocycles. The molecule has 0 bridgehead atoms. The Morgan fingerprint density at radius 1 is 1.23 bits per heavy atom. The number of benzene rings is 2. The fraction of sp³-hybridized carbons (Fsp3) is 0.211. The summed E-state index contributed by atoms with van der Waals surface area (Å²) in [7, 11) is 0. The molecule has 0 aliphatic carbocycles. The van der Waals surface area contributed by atoms with Crippen LogP contribution in [0, 0.1) is 12.8 Å². The van der Waals surface area contributed by atoms with Crippen molar-refractivity contribution in [3.63, 3.8) is 0 Å². The number of aromatic carboxylic acids is 1. The smallest absolute Gasteiger partial charge is 0.229 e. The van der Waals surface area contributed by atoms with Gasteiger partial charge in [-0.15, -0.1) is 0 Å². The van der Waals surface area contributed by atoms with E-state index >= 15 is 0 Å². The van der Waals surface area contributed by atoms with Crippen LogP contribution in [0.25, 0.3) is 0 Å². The van der Waals surface area contributed by atoms with Crippen molar-refractivity contribution in [2.45, 2.75) is 13.3 Å². The van der Waals surface area contributed by atoms with Gasteiger partial charge >= 0.3 is 0 Å². The van der Waals surface area contributed by atoms with Crippen LogP contribution >= 0.6 is 11.6 Å². The van der Waals surface area contributed by atoms with E-state index < -0.39 is 11.9 Å². The highest BCUT2D eigenvalue weighted by atomic mass is 35.5. The zero-order chi connectivity index (χ0) is 18.8. The molecule has 0 spiro atoms. The van der Waals surface area contributed by atoms with E-state index in [0.717, 1.165) is 5.56 Å². The highest BCUT2D eigenvalue weighted by molar-refractivity contribution is 6.31. The zero-order valence-electron chi connectivity index (χ0n) is 14.0. The average molecular weight is 372 g/mol. The topological polar surface area (TPSA) is 89.5 Å². The van der Waals surface area contributed by atoms with Crippen LogP contribution in [0.4, 0.5) is 11.4 Å². The number of rotatable bonds is 4. The first-order valence-corrected chi connectivity index (χ1v) is 8.42. The molecule has 134 valence electrons. The third kappa shape index (κ3) is 3.55. The fourth-order valence-corrected chi connectivity index (χ4v) is 3.14. The second-order valence-electron chi connectivity index (χ2n) is 6.15. The minimum absolute atomic E-state index is 0.0264. The van der Waals surface area contributed by atoms with E-state index in [4.69, 9.17) is 11.6 Å². The number of hydrogen-bond donors (Lipinski definition) is 1. The summed E-state index contributed by atoms with van der Waals surface area (Å²) in [6.07, 6.45) is 0.0813. The van der Waals surface area contributed by atoms with Gasteiger partial charge < -0.3 is 20.1 Å². The van der Waals surface area contributed by atoms with E-state index in [1.54, 1.807) is 29.2 Å². The van der Waals surface area contributed by atoms with Crippen molar-refractivity contribution in [3.8, 4) is 0 Å². The Bertz CT molecular complexity index is 897. The number of nitrogens with zero attached hydrogens (tertiary/aromatic N) is 1. The van der Waals surface area contributed by atoms with Gasteiger partial charge in [0, 0.05) is 29.4 Å². The van der Waals surface area contributed by atoms with Gasteiger partial charge in [0.1, 0.15) is 0 Å². The largest absolute Gasteiger partial charge is 0.545 e. The molecular formula is C19H16ClN2O4-. The van der Waals surface area contributed by atoms with Gasteiger partial charge in [-0.3, -0.25) is 9.59 Å². The van der Waals surface area contributed by atoms with Crippen molar-refractivity contribution in [3.05, 3.63) is 58.6 Å². The van der Waals surface area contributed by atoms with Crippen molar-refractivity contribution in [2.75, 3.05) is 16.8 Å². The lowest BCUT2D eigenvalue weighted by atomic mass is 10.1. The van der Waals surface area contributed by atoms with Crippen LogP contribution in [0.1, 0.15) is 22.3 Å². The van der Waals surface area contributed by atoms with Gasteiger partial charge in [-0.1, -0.05) is 29.8 Å². The number of nitrogens with one attached hydrogen (secondary N) is 1. The number of carbonyl (C=O) groups excluding carboxylic acids is 3. The summed E-state index contributed by atoms with van der Waals surface area (Å²) in [6, 6.07) is 11.1. The van der Waals surface area contributed by atoms with E-state index in [-0.39, 0.29) is 30.3 Å². The zero-order valence-corrected chi connectivity index (χ0v) is 14.7. The summed E-state index contributed by atoms with van der Waals surface area (Å²) < 4.78 is 0. The first-order valence-electron chi connectivity index (χ1n) is 8.04. The van der Waals surface area contributed by atoms with Gasteiger partial charge in [0.25, 0.3) is 0 Å². The molecule has 1 N–H and O–H groups in total. The van der Waals surface area contributed by atoms with E-state index in [9.17, 15) is 19.5 Å². The third-order valence-electron chi connectivity index (χ3n) is 4.39. The number of anilines is 2. The highest BCUT2D eigenvalue weighted by Gasteiger charge is 2.35. The van der Waals surface area contributed by atoms with Crippen molar-refractivity contribution in [1.82, 2.24) is 0 Å². The second-order valence-corrected chi connectivity index (χ2v) is 6.55. The van der Waals surface area contributed by atoms with Crippen LogP contribution in [0.5, 0.6) is 0 Å². The fourth-order valence-electron chi connectivity index (χ4n) is 2.97. The van der Waals surface area contributed by atoms with Gasteiger partial charge in [0.05, 0.1) is 11.9 Å². The van der Waals surface area contributed by atoms with E-state index in [2.05, 4.69) is 5.32 Å². The molecule has 6 nitrogen and oxygen atoms in total. The molecule has 1 aliphatic rings. The summed E-state index contributed by atoms with van der Waals surface area (Å²) in [5.41, 5.74) is 1.80. The molecular weight excluding hydrogens is 356 g/mol. The minimum atomic E-state index is -1.32. The predicted molar refractivity (Wildman–Crippen MR) is 96.1 cm³/mol. The molecule has 0 radical (unpaired) electrons. The van der Waals surface area contributed by atoms with Crippen molar-refractivity contribution >= 4 is 40.8 Å². The lowest BCUT2D eigenvalue weighted by Crippen LogP contribution is -2.28. The molecule has 7 heteroatoms. The first-order chi connectivity index (χ1) is 12.4. The Morgan fingerprint density at radius 3 is 2.69 bits per heavy atom. The Morgan fingerprint density at radius 2 is 1.96 bits per heavy atom. The molecule has 2 aromatic rings. The van der Waals surface area contributed by atoms with Crippen LogP contribution in [-0.2, 0) is 9.59 Å². The molecule has 26 heavy (non-hydrogen) atoms. The number of carboxylic acid groups (broad SMARTS) is 1. The summed E-state index contributed by atoms with van der Waals surface area (Å²) in [5, 5.41) is 14.1. The normalized spacial score (nSPS) is 16.6. The van der Waals surface area contributed by atoms with Crippen molar-refractivity contribution in [1.29, 1.82) is 0 Å². The molecule has 0 unspecified atom stereocenters. The molecule has 1 fully saturated rings. The first kappa shape index (κ1) is 17.9. The van der Waals surface area contributed by atoms with Crippen molar-refractivity contribution in [2.24, 2.45) is 5.92 Å². The van der Waals surface area contributed by atoms with Crippen LogP contribution in [0.2, 0.25) is 5.02 Å². The molecule has 1 saturated heterocycles. The lowest BCUT2D eigenvalue weighted by Gasteiger charge is -2.19. The molecule has 3 rings (SSSR count). The van der Waals surface area contributed by atoms with E-state index in [0.29, 0.717) is 16.4 Å². The standard InChI is InChI=1S/C19H17ClN2O4/c1-11-15(20)6-3-7-16(11)22-10-13(9-17(22)23)18(24)21-14-5-2-4-12(8-14)19(25)26/h2-8,13H,9-10H2,1H3,(H,21,24)(H,25,26)/p-1/t13-/m1/s1. The molecule has 1 aliphatic heterocycles. The summed E-state index contributed by atoms with van der Waals surface area (Å²) >= 11 is 6.12. The van der Waals surface area contributed by atoms with E-state index in [1.807, 2.05) is 6.92 Å². The lowest BCUT2D eigenvalue weighted by molar-refractivity contribution is -0.255. The number of halogens is 1. The minimum Gasteiger partial charge on any atom is -0.545 e. The second kappa shape index (κ2) is 7.17. The summed E-state index contributed by atoms with van der Waals surface area (Å²) in [5.74, 6) is -2.35. The summed E-state index contributed by atoms with van der Waals surface area (Å²) in [4.78, 5) is 37.3. The Balaban J connectivity index is 1.74. The molecule has 1 heterocycles. The number of carboxylic acids is 1. The number of amides is 2. The van der Waals surface area contributed by atoms with Gasteiger partial charge in [-0.2, -0.15) is 0 Å². The maximum absolute atomic E-state index is 12.5. The predicted octanol–water partition coefficient (Wildman–Crippen LogP) is 2.00. The van der Waals surface area contributed by atoms with Gasteiger partial charge in [-0.25, -0.2) is 0 Å². The Labute approximate surface area is 155 Å². The molecule has 0 saturated carbocycles. The van der Waals surface area contributed by atoms with Crippen LogP contribution in [0.15, 0.2) is 42.5 Å². The average Bonchev–Trinajstić information content (AvgIpc) is 2.99. The van der Waals surface area contributed by atoms with E-state index in [1.165, 1.54) is 18.2 Å². The SMILES string of the molecule is Cc1c(Cl)cccc1N1C[C@H](C(=O)Nc2cccc(C(=O)[O-])c2)CC1=O. The Kier molecular flexibility index (Phi) is 4.95. The third-order valence-corrected chi connectivity index (χ3v) is 4.80. The highest BCUT2D eigenvalue weighted by Crippen LogP contribution is 2.31. The molecule has 2 amide bonds. The van der Waals surface area contributed by atoms with Gasteiger partial charge in [0.15, 0.2) is 0 Å². The molecule has 1 atom stereocenters. The van der Waals surface area contributed by atoms with Gasteiger partial charge in [0.2, 0.25) is 11.8 Å². The van der Waals surface area contributed by atoms with Gasteiger partial charge in [-0.05, 0) is 42.3 Å². The maximum Gasteiger partial charge on any atom is 0.229 e. The van der Waals surface area contributed by atoms with Crippen molar-refractivity contribution < 1.29 is 19.5 Å². The Hall–Kier alpha value is -2.86. The van der Waals surface area contributed by atoms with Crippen LogP contribution in [0.3, 0.4) is 0 Å².